The van der Waals surface area contributed by atoms with E-state index in [1.165, 1.54) is 37.5 Å². The number of carbonyl (C=O) groups excluding carboxylic acids is 3. The third-order valence-corrected chi connectivity index (χ3v) is 6.05. The van der Waals surface area contributed by atoms with Crippen LogP contribution in [0.25, 0.3) is 6.08 Å². The van der Waals surface area contributed by atoms with Crippen molar-refractivity contribution in [1.82, 2.24) is 0 Å². The molecule has 0 atom stereocenters. The van der Waals surface area contributed by atoms with E-state index < -0.39 is 11.9 Å². The highest BCUT2D eigenvalue weighted by molar-refractivity contribution is 9.10. The fraction of sp³-hybridized carbons (Fsp3) is 0.143. The van der Waals surface area contributed by atoms with Crippen molar-refractivity contribution in [1.29, 1.82) is 5.26 Å². The smallest absolute Gasteiger partial charge is 0.337 e. The second kappa shape index (κ2) is 12.5. The molecule has 0 unspecified atom stereocenters. The standard InChI is InChI=1S/C28H24BrN3O5/c1-17-5-4-6-24(18(17)2)32-26(33)16-37-25-12-7-19(14-23(25)29)13-21(15-30)27(34)31-22-10-8-20(9-11-22)28(35)36-3/h4-14H,16H2,1-3H3,(H,31,34)(H,32,33)/b21-13-. The normalized spacial score (nSPS) is 10.7. The van der Waals surface area contributed by atoms with E-state index in [4.69, 9.17) is 4.74 Å². The molecule has 0 bridgehead atoms. The number of methoxy groups -OCH3 is 1. The first kappa shape index (κ1) is 27.2. The fourth-order valence-corrected chi connectivity index (χ4v) is 3.77. The zero-order valence-corrected chi connectivity index (χ0v) is 22.0. The average Bonchev–Trinajstić information content (AvgIpc) is 2.89. The number of nitrogens with zero attached hydrogens (tertiary/aromatic N) is 1. The molecule has 0 aliphatic heterocycles. The number of ether oxygens (including phenoxy) is 2. The third kappa shape index (κ3) is 7.29. The summed E-state index contributed by atoms with van der Waals surface area (Å²) >= 11 is 3.41. The molecule has 0 aromatic heterocycles. The Morgan fingerprint density at radius 1 is 1.03 bits per heavy atom. The molecule has 3 aromatic carbocycles. The zero-order valence-electron chi connectivity index (χ0n) is 20.4. The van der Waals surface area contributed by atoms with Crippen LogP contribution in [0.5, 0.6) is 5.75 Å². The van der Waals surface area contributed by atoms with Crippen molar-refractivity contribution in [2.24, 2.45) is 0 Å². The van der Waals surface area contributed by atoms with Crippen molar-refractivity contribution in [2.45, 2.75) is 13.8 Å². The molecule has 188 valence electrons. The Hall–Kier alpha value is -4.42. The second-order valence-electron chi connectivity index (χ2n) is 7.97. The van der Waals surface area contributed by atoms with Gasteiger partial charge in [0.25, 0.3) is 11.8 Å². The summed E-state index contributed by atoms with van der Waals surface area (Å²) in [6.45, 7) is 3.71. The number of nitrogens with one attached hydrogen (secondary N) is 2. The summed E-state index contributed by atoms with van der Waals surface area (Å²) in [5.74, 6) is -0.960. The van der Waals surface area contributed by atoms with E-state index in [2.05, 4.69) is 31.3 Å². The number of aryl methyl sites for hydroxylation is 1. The van der Waals surface area contributed by atoms with Crippen LogP contribution in [0, 0.1) is 25.2 Å². The van der Waals surface area contributed by atoms with Crippen molar-refractivity contribution < 1.29 is 23.9 Å². The van der Waals surface area contributed by atoms with E-state index in [1.807, 2.05) is 38.1 Å². The van der Waals surface area contributed by atoms with Crippen LogP contribution in [0.15, 0.2) is 70.7 Å². The number of halogens is 1. The molecule has 0 saturated heterocycles. The number of anilines is 2. The minimum absolute atomic E-state index is 0.120. The first-order chi connectivity index (χ1) is 17.7. The van der Waals surface area contributed by atoms with Gasteiger partial charge < -0.3 is 20.1 Å². The molecule has 2 N–H and O–H groups in total. The van der Waals surface area contributed by atoms with Gasteiger partial charge in [-0.05, 0) is 95.0 Å². The molecule has 3 aromatic rings. The number of esters is 1. The fourth-order valence-electron chi connectivity index (χ4n) is 3.26. The van der Waals surface area contributed by atoms with Gasteiger partial charge in [0.2, 0.25) is 0 Å². The van der Waals surface area contributed by atoms with E-state index in [0.717, 1.165) is 16.8 Å². The Bertz CT molecular complexity index is 1410. The lowest BCUT2D eigenvalue weighted by molar-refractivity contribution is -0.118. The number of hydrogen-bond donors (Lipinski definition) is 2. The zero-order chi connectivity index (χ0) is 26.9. The van der Waals surface area contributed by atoms with Gasteiger partial charge in [-0.25, -0.2) is 4.79 Å². The van der Waals surface area contributed by atoms with E-state index in [1.54, 1.807) is 18.2 Å². The number of hydrogen-bond acceptors (Lipinski definition) is 6. The third-order valence-electron chi connectivity index (χ3n) is 5.43. The molecule has 9 heteroatoms. The molecule has 0 spiro atoms. The highest BCUT2D eigenvalue weighted by Gasteiger charge is 2.13. The van der Waals surface area contributed by atoms with Crippen molar-refractivity contribution in [2.75, 3.05) is 24.4 Å². The molecule has 37 heavy (non-hydrogen) atoms. The molecule has 0 fully saturated rings. The van der Waals surface area contributed by atoms with Gasteiger partial charge in [0.15, 0.2) is 6.61 Å². The van der Waals surface area contributed by atoms with Crippen molar-refractivity contribution in [3.05, 3.63) is 93.0 Å². The van der Waals surface area contributed by atoms with Gasteiger partial charge in [-0.2, -0.15) is 5.26 Å². The van der Waals surface area contributed by atoms with Crippen molar-refractivity contribution in [3.63, 3.8) is 0 Å². The Labute approximate surface area is 223 Å². The maximum Gasteiger partial charge on any atom is 0.337 e. The summed E-state index contributed by atoms with van der Waals surface area (Å²) in [5, 5.41) is 14.9. The second-order valence-corrected chi connectivity index (χ2v) is 8.82. The summed E-state index contributed by atoms with van der Waals surface area (Å²) in [7, 11) is 1.28. The SMILES string of the molecule is COC(=O)c1ccc(NC(=O)/C(C#N)=C\c2ccc(OCC(=O)Nc3cccc(C)c3C)c(Br)c2)cc1. The van der Waals surface area contributed by atoms with Gasteiger partial charge in [-0.3, -0.25) is 9.59 Å². The summed E-state index contributed by atoms with van der Waals surface area (Å²) < 4.78 is 10.8. The molecular weight excluding hydrogens is 538 g/mol. The molecule has 0 heterocycles. The van der Waals surface area contributed by atoms with Crippen LogP contribution in [-0.4, -0.2) is 31.5 Å². The minimum atomic E-state index is -0.604. The van der Waals surface area contributed by atoms with Crippen molar-refractivity contribution in [3.8, 4) is 11.8 Å². The maximum absolute atomic E-state index is 12.6. The summed E-state index contributed by atoms with van der Waals surface area (Å²) in [5.41, 5.74) is 4.01. The van der Waals surface area contributed by atoms with E-state index >= 15 is 0 Å². The van der Waals surface area contributed by atoms with Gasteiger partial charge in [0, 0.05) is 11.4 Å². The Morgan fingerprint density at radius 2 is 1.76 bits per heavy atom. The van der Waals surface area contributed by atoms with Gasteiger partial charge >= 0.3 is 5.97 Å². The highest BCUT2D eigenvalue weighted by atomic mass is 79.9. The van der Waals surface area contributed by atoms with E-state index in [9.17, 15) is 19.6 Å². The van der Waals surface area contributed by atoms with Gasteiger partial charge in [-0.15, -0.1) is 0 Å². The maximum atomic E-state index is 12.6. The van der Waals surface area contributed by atoms with E-state index in [-0.39, 0.29) is 18.1 Å². The van der Waals surface area contributed by atoms with Crippen molar-refractivity contribution >= 4 is 51.2 Å². The topological polar surface area (TPSA) is 118 Å². The lowest BCUT2D eigenvalue weighted by Crippen LogP contribution is -2.20. The van der Waals surface area contributed by atoms with Crippen LogP contribution in [-0.2, 0) is 14.3 Å². The summed E-state index contributed by atoms with van der Waals surface area (Å²) in [4.78, 5) is 36.4. The molecule has 0 saturated carbocycles. The van der Waals surface area contributed by atoms with Gasteiger partial charge in [-0.1, -0.05) is 18.2 Å². The minimum Gasteiger partial charge on any atom is -0.483 e. The lowest BCUT2D eigenvalue weighted by Gasteiger charge is -2.12. The number of benzene rings is 3. The van der Waals surface area contributed by atoms with Crippen LogP contribution in [0.1, 0.15) is 27.0 Å². The van der Waals surface area contributed by atoms with Crippen LogP contribution in [0.3, 0.4) is 0 Å². The van der Waals surface area contributed by atoms with Crippen LogP contribution in [0.4, 0.5) is 11.4 Å². The number of rotatable bonds is 8. The van der Waals surface area contributed by atoms with E-state index in [0.29, 0.717) is 27.0 Å². The number of nitriles is 1. The molecular formula is C28H24BrN3O5. The first-order valence-electron chi connectivity index (χ1n) is 11.1. The first-order valence-corrected chi connectivity index (χ1v) is 11.9. The molecule has 2 amide bonds. The Morgan fingerprint density at radius 3 is 2.41 bits per heavy atom. The monoisotopic (exact) mass is 561 g/mol. The van der Waals surface area contributed by atoms with Crippen LogP contribution in [0.2, 0.25) is 0 Å². The predicted octanol–water partition coefficient (Wildman–Crippen LogP) is 5.42. The largest absolute Gasteiger partial charge is 0.483 e. The number of carbonyl (C=O) groups is 3. The number of amides is 2. The lowest BCUT2D eigenvalue weighted by atomic mass is 10.1. The quantitative estimate of drug-likeness (QED) is 0.215. The highest BCUT2D eigenvalue weighted by Crippen LogP contribution is 2.27. The Balaban J connectivity index is 1.63. The Kier molecular flexibility index (Phi) is 9.19. The average molecular weight is 562 g/mol. The molecule has 3 rings (SSSR count). The molecule has 0 aliphatic carbocycles. The molecule has 0 aliphatic rings. The summed E-state index contributed by atoms with van der Waals surface area (Å²) in [6, 6.07) is 18.6. The summed E-state index contributed by atoms with van der Waals surface area (Å²) in [6.07, 6.45) is 1.43. The van der Waals surface area contributed by atoms with Gasteiger partial charge in [0.1, 0.15) is 17.4 Å². The molecule has 0 radical (unpaired) electrons. The predicted molar refractivity (Wildman–Crippen MR) is 144 cm³/mol. The molecule has 8 nitrogen and oxygen atoms in total. The van der Waals surface area contributed by atoms with Crippen LogP contribution < -0.4 is 15.4 Å². The van der Waals surface area contributed by atoms with Gasteiger partial charge in [0.05, 0.1) is 17.1 Å². The van der Waals surface area contributed by atoms with Crippen LogP contribution >= 0.6 is 15.9 Å².